The first kappa shape index (κ1) is 20.9. The highest BCUT2D eigenvalue weighted by atomic mass is 79.9. The van der Waals surface area contributed by atoms with Crippen molar-refractivity contribution in [2.75, 3.05) is 13.7 Å². The number of rotatable bonds is 6. The summed E-state index contributed by atoms with van der Waals surface area (Å²) in [6.45, 7) is 2.35. The Morgan fingerprint density at radius 3 is 2.83 bits per heavy atom. The van der Waals surface area contributed by atoms with E-state index in [-0.39, 0.29) is 11.5 Å². The number of carboxylic acids is 1. The third kappa shape index (κ3) is 4.99. The number of aliphatic imine (C=N–C) groups is 1. The lowest BCUT2D eigenvalue weighted by molar-refractivity contribution is -0.115. The standard InChI is InChI=1S/C20H17BrN2O5S/c1-3-28-15-8-11(7-14(21)17(15)27-2)9-16-18(24)23-20(29-16)22-13-6-4-5-12(10-13)19(25)26/h4-10H,3H2,1-2H3,(H,25,26)(H,22,23,24)/b16-9+. The molecule has 29 heavy (non-hydrogen) atoms. The largest absolute Gasteiger partial charge is 0.492 e. The van der Waals surface area contributed by atoms with Gasteiger partial charge in [-0.1, -0.05) is 6.07 Å². The number of carbonyl (C=O) groups excluding carboxylic acids is 1. The molecule has 0 aliphatic carbocycles. The molecule has 150 valence electrons. The highest BCUT2D eigenvalue weighted by Gasteiger charge is 2.24. The van der Waals surface area contributed by atoms with Gasteiger partial charge < -0.3 is 19.9 Å². The topological polar surface area (TPSA) is 97.2 Å². The van der Waals surface area contributed by atoms with Crippen LogP contribution >= 0.6 is 27.7 Å². The van der Waals surface area contributed by atoms with E-state index < -0.39 is 5.97 Å². The van der Waals surface area contributed by atoms with Crippen LogP contribution in [0, 0.1) is 0 Å². The van der Waals surface area contributed by atoms with Crippen molar-refractivity contribution in [3.8, 4) is 11.5 Å². The molecule has 0 atom stereocenters. The van der Waals surface area contributed by atoms with Gasteiger partial charge in [0.2, 0.25) is 0 Å². The van der Waals surface area contributed by atoms with Crippen LogP contribution in [0.4, 0.5) is 5.69 Å². The summed E-state index contributed by atoms with van der Waals surface area (Å²) >= 11 is 4.63. The quantitative estimate of drug-likeness (QED) is 0.597. The molecule has 1 aliphatic rings. The second-order valence-corrected chi connectivity index (χ2v) is 7.69. The number of hydrogen-bond acceptors (Lipinski definition) is 6. The molecule has 0 aromatic heterocycles. The summed E-state index contributed by atoms with van der Waals surface area (Å²) < 4.78 is 11.7. The highest BCUT2D eigenvalue weighted by Crippen LogP contribution is 2.38. The van der Waals surface area contributed by atoms with Crippen molar-refractivity contribution >= 4 is 56.5 Å². The molecule has 2 aromatic rings. The fourth-order valence-electron chi connectivity index (χ4n) is 2.59. The van der Waals surface area contributed by atoms with E-state index in [4.69, 9.17) is 14.6 Å². The number of nitrogens with one attached hydrogen (secondary N) is 1. The molecule has 9 heteroatoms. The van der Waals surface area contributed by atoms with E-state index in [1.165, 1.54) is 23.9 Å². The zero-order valence-electron chi connectivity index (χ0n) is 15.6. The highest BCUT2D eigenvalue weighted by molar-refractivity contribution is 9.10. The lowest BCUT2D eigenvalue weighted by atomic mass is 10.2. The summed E-state index contributed by atoms with van der Waals surface area (Å²) in [5.74, 6) is -0.170. The molecule has 1 saturated heterocycles. The number of hydrogen-bond donors (Lipinski definition) is 2. The van der Waals surface area contributed by atoms with Gasteiger partial charge in [-0.15, -0.1) is 0 Å². The molecule has 7 nitrogen and oxygen atoms in total. The van der Waals surface area contributed by atoms with Gasteiger partial charge in [-0.05, 0) is 76.6 Å². The Hall–Kier alpha value is -2.78. The molecular weight excluding hydrogens is 460 g/mol. The Labute approximate surface area is 179 Å². The minimum atomic E-state index is -1.04. The van der Waals surface area contributed by atoms with E-state index in [1.54, 1.807) is 31.4 Å². The number of ether oxygens (including phenoxy) is 2. The van der Waals surface area contributed by atoms with E-state index >= 15 is 0 Å². The maximum atomic E-state index is 12.3. The minimum absolute atomic E-state index is 0.128. The molecule has 1 amide bonds. The van der Waals surface area contributed by atoms with E-state index in [9.17, 15) is 9.59 Å². The monoisotopic (exact) mass is 476 g/mol. The van der Waals surface area contributed by atoms with Gasteiger partial charge in [0.1, 0.15) is 0 Å². The molecule has 0 spiro atoms. The van der Waals surface area contributed by atoms with Crippen LogP contribution < -0.4 is 14.8 Å². The number of amidine groups is 1. The maximum Gasteiger partial charge on any atom is 0.335 e. The van der Waals surface area contributed by atoms with Gasteiger partial charge in [-0.3, -0.25) is 4.79 Å². The lowest BCUT2D eigenvalue weighted by Gasteiger charge is -2.12. The number of aromatic carboxylic acids is 1. The average molecular weight is 477 g/mol. The summed E-state index contributed by atoms with van der Waals surface area (Å²) in [6, 6.07) is 9.81. The third-order valence-electron chi connectivity index (χ3n) is 3.81. The average Bonchev–Trinajstić information content (AvgIpc) is 3.01. The molecule has 0 saturated carbocycles. The first-order valence-corrected chi connectivity index (χ1v) is 10.2. The molecule has 2 aromatic carbocycles. The third-order valence-corrected chi connectivity index (χ3v) is 5.31. The van der Waals surface area contributed by atoms with Crippen LogP contribution in [0.2, 0.25) is 0 Å². The number of carboxylic acid groups (broad SMARTS) is 1. The van der Waals surface area contributed by atoms with Crippen molar-refractivity contribution in [3.63, 3.8) is 0 Å². The summed E-state index contributed by atoms with van der Waals surface area (Å²) in [7, 11) is 1.56. The predicted octanol–water partition coefficient (Wildman–Crippen LogP) is 4.45. The Morgan fingerprint density at radius 2 is 2.14 bits per heavy atom. The second kappa shape index (κ2) is 9.15. The molecule has 2 N–H and O–H groups in total. The van der Waals surface area contributed by atoms with Crippen LogP contribution in [0.1, 0.15) is 22.8 Å². The van der Waals surface area contributed by atoms with E-state index in [2.05, 4.69) is 26.2 Å². The van der Waals surface area contributed by atoms with Crippen molar-refractivity contribution in [2.24, 2.45) is 4.99 Å². The molecule has 3 rings (SSSR count). The molecule has 0 bridgehead atoms. The number of thioether (sulfide) groups is 1. The predicted molar refractivity (Wildman–Crippen MR) is 116 cm³/mol. The maximum absolute atomic E-state index is 12.3. The van der Waals surface area contributed by atoms with Crippen LogP contribution in [0.5, 0.6) is 11.5 Å². The lowest BCUT2D eigenvalue weighted by Crippen LogP contribution is -2.19. The minimum Gasteiger partial charge on any atom is -0.492 e. The fourth-order valence-corrected chi connectivity index (χ4v) is 4.05. The van der Waals surface area contributed by atoms with Crippen LogP contribution in [0.15, 0.2) is 50.8 Å². The van der Waals surface area contributed by atoms with Crippen LogP contribution in [0.3, 0.4) is 0 Å². The van der Waals surface area contributed by atoms with Gasteiger partial charge >= 0.3 is 5.97 Å². The van der Waals surface area contributed by atoms with Crippen molar-refractivity contribution < 1.29 is 24.2 Å². The molecule has 0 radical (unpaired) electrons. The van der Waals surface area contributed by atoms with Gasteiger partial charge in [0.15, 0.2) is 16.7 Å². The number of halogens is 1. The normalized spacial score (nSPS) is 16.2. The van der Waals surface area contributed by atoms with Gasteiger partial charge in [0, 0.05) is 0 Å². The summed E-state index contributed by atoms with van der Waals surface area (Å²) in [5, 5.41) is 12.1. The fraction of sp³-hybridized carbons (Fsp3) is 0.150. The number of amides is 1. The van der Waals surface area contributed by atoms with Crippen LogP contribution in [-0.2, 0) is 4.79 Å². The first-order valence-electron chi connectivity index (χ1n) is 8.54. The summed E-state index contributed by atoms with van der Waals surface area (Å²) in [4.78, 5) is 28.2. The molecular formula is C20H17BrN2O5S. The zero-order chi connectivity index (χ0) is 21.0. The van der Waals surface area contributed by atoms with E-state index in [0.29, 0.717) is 38.3 Å². The number of methoxy groups -OCH3 is 1. The molecule has 0 unspecified atom stereocenters. The molecule has 1 fully saturated rings. The summed E-state index contributed by atoms with van der Waals surface area (Å²) in [6.07, 6.45) is 1.73. The zero-order valence-corrected chi connectivity index (χ0v) is 18.0. The van der Waals surface area contributed by atoms with Crippen molar-refractivity contribution in [1.82, 2.24) is 5.32 Å². The van der Waals surface area contributed by atoms with E-state index in [1.807, 2.05) is 13.0 Å². The van der Waals surface area contributed by atoms with Crippen molar-refractivity contribution in [2.45, 2.75) is 6.92 Å². The molecule has 1 aliphatic heterocycles. The number of nitrogens with zero attached hydrogens (tertiary/aromatic N) is 1. The van der Waals surface area contributed by atoms with Crippen LogP contribution in [-0.4, -0.2) is 35.9 Å². The van der Waals surface area contributed by atoms with E-state index in [0.717, 1.165) is 5.56 Å². The van der Waals surface area contributed by atoms with Crippen molar-refractivity contribution in [1.29, 1.82) is 0 Å². The SMILES string of the molecule is CCOc1cc(/C=C2/SC(=Nc3cccc(C(=O)O)c3)NC2=O)cc(Br)c1OC. The van der Waals surface area contributed by atoms with Gasteiger partial charge in [0.05, 0.1) is 34.3 Å². The first-order chi connectivity index (χ1) is 13.9. The van der Waals surface area contributed by atoms with Gasteiger partial charge in [-0.2, -0.15) is 0 Å². The Bertz CT molecular complexity index is 1040. The summed E-state index contributed by atoms with van der Waals surface area (Å²) in [5.41, 5.74) is 1.33. The second-order valence-electron chi connectivity index (χ2n) is 5.80. The number of carbonyl (C=O) groups is 2. The van der Waals surface area contributed by atoms with Crippen LogP contribution in [0.25, 0.3) is 6.08 Å². The Balaban J connectivity index is 1.88. The van der Waals surface area contributed by atoms with Gasteiger partial charge in [0.25, 0.3) is 5.91 Å². The Morgan fingerprint density at radius 1 is 1.34 bits per heavy atom. The van der Waals surface area contributed by atoms with Crippen molar-refractivity contribution in [3.05, 3.63) is 56.9 Å². The Kier molecular flexibility index (Phi) is 6.60. The van der Waals surface area contributed by atoms with Gasteiger partial charge in [-0.25, -0.2) is 9.79 Å². The number of benzene rings is 2. The molecule has 1 heterocycles. The smallest absolute Gasteiger partial charge is 0.335 e.